The van der Waals surface area contributed by atoms with Crippen LogP contribution in [0.25, 0.3) is 0 Å². The van der Waals surface area contributed by atoms with Crippen molar-refractivity contribution in [1.82, 2.24) is 4.98 Å². The van der Waals surface area contributed by atoms with Gasteiger partial charge in [0.05, 0.1) is 12.8 Å². The van der Waals surface area contributed by atoms with Gasteiger partial charge in [-0.3, -0.25) is 0 Å². The van der Waals surface area contributed by atoms with Gasteiger partial charge >= 0.3 is 0 Å². The Bertz CT molecular complexity index is 320. The normalized spacial score (nSPS) is 10.5. The summed E-state index contributed by atoms with van der Waals surface area (Å²) in [6, 6.07) is 1.50. The van der Waals surface area contributed by atoms with E-state index < -0.39 is 12.1 Å². The fourth-order valence-electron chi connectivity index (χ4n) is 0.791. The highest BCUT2D eigenvalue weighted by Gasteiger charge is 2.16. The van der Waals surface area contributed by atoms with Crippen molar-refractivity contribution in [3.05, 3.63) is 15.3 Å². The average Bonchev–Trinajstić information content (AvgIpc) is 2.09. The second-order valence-corrected chi connectivity index (χ2v) is 3.41. The van der Waals surface area contributed by atoms with Gasteiger partial charge in [0.15, 0.2) is 0 Å². The summed E-state index contributed by atoms with van der Waals surface area (Å²) in [6.07, 6.45) is -2.68. The average molecular weight is 300 g/mol. The SMILES string of the molecule is COc1cc(I)c(N)c(C(F)F)n1. The highest BCUT2D eigenvalue weighted by atomic mass is 127. The van der Waals surface area contributed by atoms with Crippen molar-refractivity contribution in [3.8, 4) is 5.88 Å². The minimum Gasteiger partial charge on any atom is -0.481 e. The van der Waals surface area contributed by atoms with Crippen molar-refractivity contribution in [2.45, 2.75) is 6.43 Å². The molecule has 0 saturated carbocycles. The summed E-state index contributed by atoms with van der Waals surface area (Å²) < 4.78 is 29.9. The quantitative estimate of drug-likeness (QED) is 0.852. The summed E-state index contributed by atoms with van der Waals surface area (Å²) in [5.74, 6) is 0.147. The van der Waals surface area contributed by atoms with Gasteiger partial charge in [0, 0.05) is 9.64 Å². The number of ether oxygens (including phenoxy) is 1. The lowest BCUT2D eigenvalue weighted by molar-refractivity contribution is 0.146. The van der Waals surface area contributed by atoms with Crippen LogP contribution in [-0.4, -0.2) is 12.1 Å². The summed E-state index contributed by atoms with van der Waals surface area (Å²) in [4.78, 5) is 3.55. The lowest BCUT2D eigenvalue weighted by Crippen LogP contribution is -2.02. The van der Waals surface area contributed by atoms with Gasteiger partial charge in [-0.1, -0.05) is 0 Å². The zero-order valence-corrected chi connectivity index (χ0v) is 8.88. The number of hydrogen-bond acceptors (Lipinski definition) is 3. The second kappa shape index (κ2) is 4.03. The molecule has 0 aromatic carbocycles. The standard InChI is InChI=1S/C7H7F2IN2O/c1-13-4-2-3(10)5(11)6(12-4)7(8)9/h2,7H,11H2,1H3. The summed E-state index contributed by atoms with van der Waals surface area (Å²) in [5, 5.41) is 0. The maximum Gasteiger partial charge on any atom is 0.282 e. The van der Waals surface area contributed by atoms with Gasteiger partial charge in [0.1, 0.15) is 5.69 Å². The third-order valence-corrected chi connectivity index (χ3v) is 2.32. The molecule has 0 saturated heterocycles. The lowest BCUT2D eigenvalue weighted by Gasteiger charge is -2.07. The largest absolute Gasteiger partial charge is 0.481 e. The van der Waals surface area contributed by atoms with Crippen molar-refractivity contribution in [2.24, 2.45) is 0 Å². The van der Waals surface area contributed by atoms with Crippen molar-refractivity contribution in [2.75, 3.05) is 12.8 Å². The Morgan fingerprint density at radius 2 is 2.23 bits per heavy atom. The van der Waals surface area contributed by atoms with E-state index in [0.717, 1.165) is 0 Å². The van der Waals surface area contributed by atoms with Crippen molar-refractivity contribution in [3.63, 3.8) is 0 Å². The number of aromatic nitrogens is 1. The minimum absolute atomic E-state index is 0.0106. The molecule has 72 valence electrons. The summed E-state index contributed by atoms with van der Waals surface area (Å²) in [6.45, 7) is 0. The molecule has 1 heterocycles. The molecule has 0 amide bonds. The molecule has 2 N–H and O–H groups in total. The Hall–Kier alpha value is -0.660. The third-order valence-electron chi connectivity index (χ3n) is 1.43. The van der Waals surface area contributed by atoms with E-state index in [1.54, 1.807) is 0 Å². The van der Waals surface area contributed by atoms with Gasteiger partial charge in [0.2, 0.25) is 5.88 Å². The molecule has 0 aliphatic carbocycles. The van der Waals surface area contributed by atoms with E-state index in [-0.39, 0.29) is 11.6 Å². The van der Waals surface area contributed by atoms with Gasteiger partial charge in [-0.05, 0) is 22.6 Å². The molecule has 0 radical (unpaired) electrons. The molecule has 0 aliphatic rings. The number of nitrogen functional groups attached to an aromatic ring is 1. The minimum atomic E-state index is -2.68. The van der Waals surface area contributed by atoms with Crippen LogP contribution >= 0.6 is 22.6 Å². The highest BCUT2D eigenvalue weighted by Crippen LogP contribution is 2.29. The number of nitrogens with zero attached hydrogens (tertiary/aromatic N) is 1. The maximum atomic E-state index is 12.3. The predicted octanol–water partition coefficient (Wildman–Crippen LogP) is 2.21. The van der Waals surface area contributed by atoms with E-state index in [2.05, 4.69) is 4.98 Å². The molecule has 0 spiro atoms. The fourth-order valence-corrected chi connectivity index (χ4v) is 1.33. The molecule has 0 unspecified atom stereocenters. The maximum absolute atomic E-state index is 12.3. The summed E-state index contributed by atoms with van der Waals surface area (Å²) in [5.41, 5.74) is 4.99. The number of alkyl halides is 2. The number of hydrogen-bond donors (Lipinski definition) is 1. The molecule has 0 atom stereocenters. The Labute approximate surface area is 87.4 Å². The third kappa shape index (κ3) is 2.17. The van der Waals surface area contributed by atoms with E-state index >= 15 is 0 Å². The first-order valence-electron chi connectivity index (χ1n) is 3.34. The number of halogens is 3. The monoisotopic (exact) mass is 300 g/mol. The fraction of sp³-hybridized carbons (Fsp3) is 0.286. The molecule has 0 aliphatic heterocycles. The van der Waals surface area contributed by atoms with Crippen molar-refractivity contribution < 1.29 is 13.5 Å². The van der Waals surface area contributed by atoms with Gasteiger partial charge in [0.25, 0.3) is 6.43 Å². The van der Waals surface area contributed by atoms with Crippen LogP contribution in [0.3, 0.4) is 0 Å². The predicted molar refractivity (Wildman–Crippen MR) is 52.9 cm³/mol. The van der Waals surface area contributed by atoms with Gasteiger partial charge < -0.3 is 10.5 Å². The van der Waals surface area contributed by atoms with Gasteiger partial charge in [-0.25, -0.2) is 13.8 Å². The first-order chi connectivity index (χ1) is 6.06. The summed E-state index contributed by atoms with van der Waals surface area (Å²) in [7, 11) is 1.36. The second-order valence-electron chi connectivity index (χ2n) is 2.25. The van der Waals surface area contributed by atoms with Crippen LogP contribution in [-0.2, 0) is 0 Å². The molecule has 1 rings (SSSR count). The molecule has 1 aromatic rings. The van der Waals surface area contributed by atoms with E-state index in [0.29, 0.717) is 3.57 Å². The number of anilines is 1. The molecule has 0 bridgehead atoms. The molecular formula is C7H7F2IN2O. The smallest absolute Gasteiger partial charge is 0.282 e. The molecule has 13 heavy (non-hydrogen) atoms. The molecule has 6 heteroatoms. The Morgan fingerprint density at radius 1 is 1.62 bits per heavy atom. The van der Waals surface area contributed by atoms with Gasteiger partial charge in [-0.15, -0.1) is 0 Å². The van der Waals surface area contributed by atoms with Crippen LogP contribution in [0.15, 0.2) is 6.07 Å². The lowest BCUT2D eigenvalue weighted by atomic mass is 10.3. The van der Waals surface area contributed by atoms with E-state index in [4.69, 9.17) is 10.5 Å². The van der Waals surface area contributed by atoms with Crippen molar-refractivity contribution >= 4 is 28.3 Å². The zero-order chi connectivity index (χ0) is 10.0. The van der Waals surface area contributed by atoms with Crippen LogP contribution in [0, 0.1) is 3.57 Å². The van der Waals surface area contributed by atoms with Crippen LogP contribution in [0.4, 0.5) is 14.5 Å². The van der Waals surface area contributed by atoms with Crippen LogP contribution in [0.5, 0.6) is 5.88 Å². The number of methoxy groups -OCH3 is 1. The molecule has 0 fully saturated rings. The zero-order valence-electron chi connectivity index (χ0n) is 6.72. The molecular weight excluding hydrogens is 293 g/mol. The Balaban J connectivity index is 3.25. The van der Waals surface area contributed by atoms with Crippen LogP contribution in [0.2, 0.25) is 0 Å². The topological polar surface area (TPSA) is 48.1 Å². The summed E-state index contributed by atoms with van der Waals surface area (Å²) >= 11 is 1.85. The van der Waals surface area contributed by atoms with Gasteiger partial charge in [-0.2, -0.15) is 0 Å². The number of nitrogens with two attached hydrogens (primary N) is 1. The van der Waals surface area contributed by atoms with E-state index in [1.807, 2.05) is 22.6 Å². The first kappa shape index (κ1) is 10.4. The van der Waals surface area contributed by atoms with Crippen LogP contribution < -0.4 is 10.5 Å². The van der Waals surface area contributed by atoms with E-state index in [1.165, 1.54) is 13.2 Å². The number of pyridine rings is 1. The first-order valence-corrected chi connectivity index (χ1v) is 4.42. The molecule has 1 aromatic heterocycles. The van der Waals surface area contributed by atoms with Crippen molar-refractivity contribution in [1.29, 1.82) is 0 Å². The highest BCUT2D eigenvalue weighted by molar-refractivity contribution is 14.1. The van der Waals surface area contributed by atoms with Crippen LogP contribution in [0.1, 0.15) is 12.1 Å². The Morgan fingerprint density at radius 3 is 2.69 bits per heavy atom. The molecule has 3 nitrogen and oxygen atoms in total. The van der Waals surface area contributed by atoms with E-state index in [9.17, 15) is 8.78 Å². The Kier molecular flexibility index (Phi) is 3.23. The number of rotatable bonds is 2.